The Hall–Kier alpha value is -1.76. The molecule has 2 rings (SSSR count). The van der Waals surface area contributed by atoms with Crippen LogP contribution in [-0.4, -0.2) is 142 Å². The van der Waals surface area contributed by atoms with Gasteiger partial charge in [0, 0.05) is 12.8 Å². The maximum atomic E-state index is 13.0. The summed E-state index contributed by atoms with van der Waals surface area (Å²) in [6.45, 7) is 2.61. The van der Waals surface area contributed by atoms with E-state index in [1.54, 1.807) is 0 Å². The molecule has 15 heteroatoms. The number of carbonyl (C=O) groups excluding carboxylic acids is 2. The fourth-order valence-electron chi connectivity index (χ4n) is 9.45. The van der Waals surface area contributed by atoms with E-state index in [1.807, 2.05) is 0 Å². The lowest BCUT2D eigenvalue weighted by Gasteiger charge is -2.42. The van der Waals surface area contributed by atoms with Crippen molar-refractivity contribution >= 4 is 11.9 Å². The minimum atomic E-state index is -1.76. The molecule has 2 fully saturated rings. The maximum absolute atomic E-state index is 13.0. The second-order valence-electron chi connectivity index (χ2n) is 20.8. The van der Waals surface area contributed by atoms with E-state index < -0.39 is 92.7 Å². The lowest BCUT2D eigenvalue weighted by atomic mass is 9.98. The molecule has 2 aliphatic heterocycles. The molecule has 72 heavy (non-hydrogen) atoms. The molecular formula is C57H106O15. The Morgan fingerprint density at radius 2 is 0.792 bits per heavy atom. The topological polar surface area (TPSA) is 231 Å². The fraction of sp³-hybridized carbons (Fsp3) is 0.930. The van der Waals surface area contributed by atoms with E-state index in [-0.39, 0.29) is 26.1 Å². The smallest absolute Gasteiger partial charge is 0.306 e. The normalized spacial score (nSPS) is 25.0. The van der Waals surface area contributed by atoms with Crippen LogP contribution in [0.1, 0.15) is 245 Å². The summed E-state index contributed by atoms with van der Waals surface area (Å²) >= 11 is 0. The lowest BCUT2D eigenvalue weighted by Crippen LogP contribution is -2.61. The van der Waals surface area contributed by atoms with Crippen LogP contribution in [0.4, 0.5) is 0 Å². The molecule has 0 aromatic rings. The first-order valence-corrected chi connectivity index (χ1v) is 29.3. The van der Waals surface area contributed by atoms with E-state index in [4.69, 9.17) is 28.4 Å². The molecule has 424 valence electrons. The third kappa shape index (κ3) is 31.3. The van der Waals surface area contributed by atoms with Gasteiger partial charge in [-0.25, -0.2) is 0 Å². The third-order valence-electron chi connectivity index (χ3n) is 14.2. The van der Waals surface area contributed by atoms with E-state index in [1.165, 1.54) is 148 Å². The number of rotatable bonds is 47. The molecule has 0 amide bonds. The molecule has 0 bridgehead atoms. The second kappa shape index (κ2) is 44.4. The van der Waals surface area contributed by atoms with Gasteiger partial charge in [0.2, 0.25) is 0 Å². The van der Waals surface area contributed by atoms with Crippen LogP contribution in [0.2, 0.25) is 0 Å². The first-order chi connectivity index (χ1) is 35.0. The van der Waals surface area contributed by atoms with Crippen molar-refractivity contribution < 1.29 is 73.8 Å². The van der Waals surface area contributed by atoms with Crippen molar-refractivity contribution in [2.45, 2.75) is 313 Å². The van der Waals surface area contributed by atoms with Gasteiger partial charge in [-0.1, -0.05) is 206 Å². The highest BCUT2D eigenvalue weighted by Crippen LogP contribution is 2.27. The van der Waals surface area contributed by atoms with Crippen molar-refractivity contribution in [1.82, 2.24) is 0 Å². The Balaban J connectivity index is 1.71. The molecule has 0 aliphatic carbocycles. The molecule has 0 spiro atoms. The van der Waals surface area contributed by atoms with Gasteiger partial charge in [0.1, 0.15) is 55.4 Å². The van der Waals surface area contributed by atoms with Crippen LogP contribution in [0.3, 0.4) is 0 Å². The van der Waals surface area contributed by atoms with Crippen LogP contribution in [-0.2, 0) is 38.0 Å². The monoisotopic (exact) mass is 1030 g/mol. The standard InChI is InChI=1S/C57H106O15/c1-3-5-7-9-11-13-15-17-18-19-20-21-22-23-24-25-26-28-29-31-33-35-37-39-48(59)67-42-45(70-49(60)40-38-36-34-32-30-27-16-14-12-10-8-6-4-2)43-68-56-55(66)53(64)51(62)47(72-56)44-69-57-54(65)52(63)50(61)46(41-58)71-57/h14,16,45-47,50-58,61-66H,3-13,15,17-44H2,1-2H3/b16-14-. The number of allylic oxidation sites excluding steroid dienone is 2. The predicted octanol–water partition coefficient (Wildman–Crippen LogP) is 9.72. The van der Waals surface area contributed by atoms with Gasteiger partial charge in [-0.2, -0.15) is 0 Å². The number of aliphatic hydroxyl groups excluding tert-OH is 7. The summed E-state index contributed by atoms with van der Waals surface area (Å²) in [4.78, 5) is 25.8. The van der Waals surface area contributed by atoms with Crippen molar-refractivity contribution in [2.24, 2.45) is 0 Å². The van der Waals surface area contributed by atoms with E-state index in [9.17, 15) is 45.3 Å². The number of hydrogen-bond donors (Lipinski definition) is 7. The molecule has 0 radical (unpaired) electrons. The second-order valence-corrected chi connectivity index (χ2v) is 20.8. The number of aliphatic hydroxyl groups is 7. The molecule has 11 atom stereocenters. The summed E-state index contributed by atoms with van der Waals surface area (Å²) in [6, 6.07) is 0. The number of unbranched alkanes of at least 4 members (excludes halogenated alkanes) is 31. The number of hydrogen-bond acceptors (Lipinski definition) is 15. The summed E-state index contributed by atoms with van der Waals surface area (Å²) in [6.07, 6.45) is 29.6. The van der Waals surface area contributed by atoms with E-state index in [0.717, 1.165) is 57.8 Å². The fourth-order valence-corrected chi connectivity index (χ4v) is 9.45. The van der Waals surface area contributed by atoms with Gasteiger partial charge < -0.3 is 64.2 Å². The highest BCUT2D eigenvalue weighted by atomic mass is 16.7. The average molecular weight is 1030 g/mol. The Morgan fingerprint density at radius 1 is 0.431 bits per heavy atom. The van der Waals surface area contributed by atoms with Crippen molar-refractivity contribution in [1.29, 1.82) is 0 Å². The van der Waals surface area contributed by atoms with Gasteiger partial charge >= 0.3 is 11.9 Å². The van der Waals surface area contributed by atoms with E-state index in [2.05, 4.69) is 26.0 Å². The van der Waals surface area contributed by atoms with E-state index in [0.29, 0.717) is 12.8 Å². The lowest BCUT2D eigenvalue weighted by molar-refractivity contribution is -0.332. The van der Waals surface area contributed by atoms with Crippen LogP contribution >= 0.6 is 0 Å². The molecule has 15 nitrogen and oxygen atoms in total. The van der Waals surface area contributed by atoms with Crippen molar-refractivity contribution in [2.75, 3.05) is 26.4 Å². The molecule has 7 N–H and O–H groups in total. The number of ether oxygens (including phenoxy) is 6. The molecular weight excluding hydrogens is 925 g/mol. The zero-order chi connectivity index (χ0) is 52.4. The number of esters is 2. The SMILES string of the molecule is CCCCCC/C=C\CCCCCCCC(=O)OC(COC(=O)CCCCCCCCCCCCCCCCCCCCCCCCC)COC1OC(COC2OC(CO)C(O)C(O)C2O)C(O)C(O)C1O. The van der Waals surface area contributed by atoms with Crippen LogP contribution in [0.25, 0.3) is 0 Å². The van der Waals surface area contributed by atoms with Gasteiger partial charge in [0.25, 0.3) is 0 Å². The van der Waals surface area contributed by atoms with Crippen molar-refractivity contribution in [3.05, 3.63) is 12.2 Å². The van der Waals surface area contributed by atoms with Gasteiger partial charge in [-0.15, -0.1) is 0 Å². The predicted molar refractivity (Wildman–Crippen MR) is 280 cm³/mol. The van der Waals surface area contributed by atoms with Crippen LogP contribution < -0.4 is 0 Å². The number of carbonyl (C=O) groups is 2. The first-order valence-electron chi connectivity index (χ1n) is 29.3. The Morgan fingerprint density at radius 3 is 1.24 bits per heavy atom. The molecule has 0 aromatic carbocycles. The molecule has 2 heterocycles. The van der Waals surface area contributed by atoms with Crippen molar-refractivity contribution in [3.63, 3.8) is 0 Å². The van der Waals surface area contributed by atoms with Gasteiger partial charge in [-0.3, -0.25) is 9.59 Å². The highest BCUT2D eigenvalue weighted by molar-refractivity contribution is 5.70. The summed E-state index contributed by atoms with van der Waals surface area (Å²) in [5.41, 5.74) is 0. The van der Waals surface area contributed by atoms with Crippen LogP contribution in [0, 0.1) is 0 Å². The Bertz CT molecular complexity index is 1300. The zero-order valence-electron chi connectivity index (χ0n) is 45.2. The zero-order valence-corrected chi connectivity index (χ0v) is 45.2. The average Bonchev–Trinajstić information content (AvgIpc) is 3.37. The van der Waals surface area contributed by atoms with Crippen LogP contribution in [0.15, 0.2) is 12.2 Å². The minimum Gasteiger partial charge on any atom is -0.462 e. The van der Waals surface area contributed by atoms with Crippen molar-refractivity contribution in [3.8, 4) is 0 Å². The van der Waals surface area contributed by atoms with E-state index >= 15 is 0 Å². The summed E-state index contributed by atoms with van der Waals surface area (Å²) in [7, 11) is 0. The summed E-state index contributed by atoms with van der Waals surface area (Å²) < 4.78 is 33.7. The Kier molecular flexibility index (Phi) is 40.9. The molecule has 0 aromatic heterocycles. The molecule has 2 saturated heterocycles. The van der Waals surface area contributed by atoms with Gasteiger partial charge in [-0.05, 0) is 38.5 Å². The first kappa shape index (κ1) is 66.4. The quantitative estimate of drug-likeness (QED) is 0.0171. The molecule has 0 saturated carbocycles. The highest BCUT2D eigenvalue weighted by Gasteiger charge is 2.47. The van der Waals surface area contributed by atoms with Gasteiger partial charge in [0.15, 0.2) is 18.7 Å². The summed E-state index contributed by atoms with van der Waals surface area (Å²) in [5.74, 6) is -0.921. The molecule has 11 unspecified atom stereocenters. The van der Waals surface area contributed by atoms with Gasteiger partial charge in [0.05, 0.1) is 19.8 Å². The summed E-state index contributed by atoms with van der Waals surface area (Å²) in [5, 5.41) is 72.2. The maximum Gasteiger partial charge on any atom is 0.306 e. The molecule has 2 aliphatic rings. The Labute approximate surface area is 435 Å². The minimum absolute atomic E-state index is 0.159. The van der Waals surface area contributed by atoms with Crippen LogP contribution in [0.5, 0.6) is 0 Å². The third-order valence-corrected chi connectivity index (χ3v) is 14.2. The largest absolute Gasteiger partial charge is 0.462 e.